The molecule has 0 heterocycles. The van der Waals surface area contributed by atoms with Gasteiger partial charge in [0.1, 0.15) is 0 Å². The van der Waals surface area contributed by atoms with Gasteiger partial charge in [0.2, 0.25) is 0 Å². The number of aryl methyl sites for hydroxylation is 1. The van der Waals surface area contributed by atoms with Crippen LogP contribution in [0.1, 0.15) is 70.8 Å². The first-order chi connectivity index (χ1) is 8.27. The van der Waals surface area contributed by atoms with E-state index in [-0.39, 0.29) is 1.43 Å². The van der Waals surface area contributed by atoms with E-state index in [0.29, 0.717) is 0 Å². The van der Waals surface area contributed by atoms with Crippen LogP contribution in [0.5, 0.6) is 0 Å². The topological polar surface area (TPSA) is 26.0 Å². The molecule has 1 heteroatoms. The monoisotopic (exact) mass is 235 g/mol. The number of hydrogen-bond acceptors (Lipinski definition) is 1. The second-order valence-electron chi connectivity index (χ2n) is 4.80. The van der Waals surface area contributed by atoms with E-state index < -0.39 is 0 Å². The van der Waals surface area contributed by atoms with Gasteiger partial charge >= 0.3 is 0 Å². The summed E-state index contributed by atoms with van der Waals surface area (Å²) in [5.74, 6) is 0.784. The average Bonchev–Trinajstić information content (AvgIpc) is 2.64. The van der Waals surface area contributed by atoms with Gasteiger partial charge in [-0.2, -0.15) is 0 Å². The van der Waals surface area contributed by atoms with E-state index in [4.69, 9.17) is 5.73 Å². The van der Waals surface area contributed by atoms with Crippen LogP contribution in [0.4, 0.5) is 5.69 Å². The fourth-order valence-corrected chi connectivity index (χ4v) is 2.57. The van der Waals surface area contributed by atoms with Crippen molar-refractivity contribution in [1.82, 2.24) is 0 Å². The summed E-state index contributed by atoms with van der Waals surface area (Å²) in [6.07, 6.45) is 8.36. The molecule has 1 aliphatic rings. The SMILES string of the molecule is CC.Cc1cc(C2CCCCCC2)ccc1N.[HH]. The van der Waals surface area contributed by atoms with Crippen LogP contribution in [0.25, 0.3) is 0 Å². The van der Waals surface area contributed by atoms with Gasteiger partial charge in [-0.15, -0.1) is 0 Å². The predicted octanol–water partition coefficient (Wildman–Crippen LogP) is 5.29. The zero-order chi connectivity index (χ0) is 12.7. The molecule has 2 N–H and O–H groups in total. The molecule has 1 aromatic carbocycles. The quantitative estimate of drug-likeness (QED) is 0.519. The minimum Gasteiger partial charge on any atom is -0.399 e. The van der Waals surface area contributed by atoms with E-state index >= 15 is 0 Å². The van der Waals surface area contributed by atoms with Crippen LogP contribution in [0.15, 0.2) is 18.2 Å². The lowest BCUT2D eigenvalue weighted by Gasteiger charge is -2.15. The molecule has 1 fully saturated rings. The molecule has 0 radical (unpaired) electrons. The molecule has 0 aliphatic heterocycles. The Hall–Kier alpha value is -0.980. The summed E-state index contributed by atoms with van der Waals surface area (Å²) in [6, 6.07) is 6.57. The molecule has 0 aromatic heterocycles. The van der Waals surface area contributed by atoms with Crippen LogP contribution < -0.4 is 5.73 Å². The zero-order valence-electron chi connectivity index (χ0n) is 11.6. The summed E-state index contributed by atoms with van der Waals surface area (Å²) in [5.41, 5.74) is 9.51. The maximum absolute atomic E-state index is 5.85. The highest BCUT2D eigenvalue weighted by atomic mass is 14.5. The van der Waals surface area contributed by atoms with Crippen molar-refractivity contribution in [3.8, 4) is 0 Å². The molecule has 1 aliphatic carbocycles. The first-order valence-electron chi connectivity index (χ1n) is 7.13. The molecule has 0 amide bonds. The minimum atomic E-state index is 0. The number of anilines is 1. The molecule has 1 aromatic rings. The molecule has 0 saturated heterocycles. The van der Waals surface area contributed by atoms with E-state index in [1.165, 1.54) is 49.7 Å². The van der Waals surface area contributed by atoms with Crippen molar-refractivity contribution in [2.75, 3.05) is 5.73 Å². The maximum Gasteiger partial charge on any atom is 0.0343 e. The van der Waals surface area contributed by atoms with Crippen molar-refractivity contribution in [3.63, 3.8) is 0 Å². The molecular formula is C16H29N. The lowest BCUT2D eigenvalue weighted by atomic mass is 9.90. The van der Waals surface area contributed by atoms with E-state index in [2.05, 4.69) is 25.1 Å². The summed E-state index contributed by atoms with van der Waals surface area (Å²) in [5, 5.41) is 0. The van der Waals surface area contributed by atoms with Gasteiger partial charge in [-0.05, 0) is 42.9 Å². The van der Waals surface area contributed by atoms with Gasteiger partial charge in [0.25, 0.3) is 0 Å². The largest absolute Gasteiger partial charge is 0.399 e. The van der Waals surface area contributed by atoms with Crippen LogP contribution in [-0.4, -0.2) is 0 Å². The Balaban J connectivity index is 0.000000917. The molecule has 98 valence electrons. The van der Waals surface area contributed by atoms with Crippen molar-refractivity contribution in [2.24, 2.45) is 0 Å². The van der Waals surface area contributed by atoms with Crippen LogP contribution in [0.3, 0.4) is 0 Å². The van der Waals surface area contributed by atoms with Gasteiger partial charge < -0.3 is 5.73 Å². The van der Waals surface area contributed by atoms with E-state index in [9.17, 15) is 0 Å². The minimum absolute atomic E-state index is 0. The normalized spacial score (nSPS) is 16.9. The van der Waals surface area contributed by atoms with Crippen LogP contribution in [0.2, 0.25) is 0 Å². The highest BCUT2D eigenvalue weighted by Crippen LogP contribution is 2.32. The first-order valence-corrected chi connectivity index (χ1v) is 7.13. The lowest BCUT2D eigenvalue weighted by molar-refractivity contribution is 0.592. The predicted molar refractivity (Wildman–Crippen MR) is 79.5 cm³/mol. The van der Waals surface area contributed by atoms with Crippen molar-refractivity contribution in [3.05, 3.63) is 29.3 Å². The lowest BCUT2D eigenvalue weighted by Crippen LogP contribution is -1.99. The maximum atomic E-state index is 5.85. The van der Waals surface area contributed by atoms with Gasteiger partial charge in [-0.1, -0.05) is 51.7 Å². The van der Waals surface area contributed by atoms with Gasteiger partial charge in [0.05, 0.1) is 0 Å². The number of benzene rings is 1. The Morgan fingerprint density at radius 2 is 1.65 bits per heavy atom. The van der Waals surface area contributed by atoms with Crippen molar-refractivity contribution in [1.29, 1.82) is 0 Å². The number of hydrogen-bond donors (Lipinski definition) is 1. The summed E-state index contributed by atoms with van der Waals surface area (Å²) in [6.45, 7) is 6.11. The Morgan fingerprint density at radius 3 is 2.18 bits per heavy atom. The molecule has 17 heavy (non-hydrogen) atoms. The van der Waals surface area contributed by atoms with Crippen LogP contribution in [-0.2, 0) is 0 Å². The first kappa shape index (κ1) is 14.1. The summed E-state index contributed by atoms with van der Waals surface area (Å²) >= 11 is 0. The van der Waals surface area contributed by atoms with E-state index in [1.54, 1.807) is 0 Å². The molecule has 0 unspecified atom stereocenters. The second kappa shape index (κ2) is 7.37. The van der Waals surface area contributed by atoms with Crippen molar-refractivity contribution >= 4 is 5.69 Å². The Labute approximate surface area is 108 Å². The zero-order valence-corrected chi connectivity index (χ0v) is 11.6. The number of rotatable bonds is 1. The van der Waals surface area contributed by atoms with E-state index in [0.717, 1.165) is 11.6 Å². The molecule has 2 rings (SSSR count). The third kappa shape index (κ3) is 4.07. The molecule has 0 atom stereocenters. The molecule has 0 spiro atoms. The van der Waals surface area contributed by atoms with Gasteiger partial charge in [0.15, 0.2) is 0 Å². The average molecular weight is 235 g/mol. The fraction of sp³-hybridized carbons (Fsp3) is 0.625. The summed E-state index contributed by atoms with van der Waals surface area (Å²) < 4.78 is 0. The number of nitrogens with two attached hydrogens (primary N) is 1. The van der Waals surface area contributed by atoms with Crippen molar-refractivity contribution in [2.45, 2.75) is 65.2 Å². The molecule has 1 nitrogen and oxygen atoms in total. The van der Waals surface area contributed by atoms with E-state index in [1.807, 2.05) is 13.8 Å². The third-order valence-corrected chi connectivity index (χ3v) is 3.62. The van der Waals surface area contributed by atoms with Gasteiger partial charge in [0, 0.05) is 7.11 Å². The smallest absolute Gasteiger partial charge is 0.0343 e. The molecule has 0 bridgehead atoms. The standard InChI is InChI=1S/C14H21N.C2H6.H2/c1-11-10-13(8-9-14(11)15)12-6-4-2-3-5-7-12;1-2;/h8-10,12H,2-7,15H2,1H3;1-2H3;1H. The summed E-state index contributed by atoms with van der Waals surface area (Å²) in [4.78, 5) is 0. The molecular weight excluding hydrogens is 206 g/mol. The highest BCUT2D eigenvalue weighted by molar-refractivity contribution is 5.48. The second-order valence-corrected chi connectivity index (χ2v) is 4.80. The highest BCUT2D eigenvalue weighted by Gasteiger charge is 2.14. The Morgan fingerprint density at radius 1 is 1.06 bits per heavy atom. The van der Waals surface area contributed by atoms with Crippen molar-refractivity contribution < 1.29 is 1.43 Å². The molecule has 1 saturated carbocycles. The Bertz CT molecular complexity index is 328. The fourth-order valence-electron chi connectivity index (χ4n) is 2.57. The van der Waals surface area contributed by atoms with Gasteiger partial charge in [-0.25, -0.2) is 0 Å². The summed E-state index contributed by atoms with van der Waals surface area (Å²) in [7, 11) is 0. The van der Waals surface area contributed by atoms with Crippen LogP contribution >= 0.6 is 0 Å². The Kier molecular flexibility index (Phi) is 6.10. The van der Waals surface area contributed by atoms with Gasteiger partial charge in [-0.3, -0.25) is 0 Å². The van der Waals surface area contributed by atoms with Crippen LogP contribution in [0, 0.1) is 6.92 Å². The third-order valence-electron chi connectivity index (χ3n) is 3.62. The number of nitrogen functional groups attached to an aromatic ring is 1.